The molecule has 0 aliphatic heterocycles. The van der Waals surface area contributed by atoms with Crippen LogP contribution in [0.3, 0.4) is 0 Å². The van der Waals surface area contributed by atoms with Gasteiger partial charge in [-0.2, -0.15) is 4.21 Å². The molecule has 0 rings (SSSR count). The Morgan fingerprint density at radius 3 is 1.96 bits per heavy atom. The number of nitrogens with two attached hydrogens (primary N) is 2. The first-order valence-corrected chi connectivity index (χ1v) is 6.71. The third kappa shape index (κ3) is 21.7. The average Bonchev–Trinajstić information content (AvgIpc) is 2.49. The van der Waals surface area contributed by atoms with Gasteiger partial charge in [0.2, 0.25) is 17.7 Å². The van der Waals surface area contributed by atoms with Crippen molar-refractivity contribution in [1.82, 2.24) is 10.6 Å². The lowest BCUT2D eigenvalue weighted by Crippen LogP contribution is -2.46. The first-order chi connectivity index (χ1) is 11.1. The maximum absolute atomic E-state index is 11.3. The summed E-state index contributed by atoms with van der Waals surface area (Å²) in [6, 6.07) is -1.22. The Labute approximate surface area is 144 Å². The van der Waals surface area contributed by atoms with E-state index in [2.05, 4.69) is 29.7 Å². The Morgan fingerprint density at radius 2 is 1.62 bits per heavy atom. The minimum Gasteiger partial charge on any atom is -0.513 e. The number of carboxylic acids is 1. The van der Waals surface area contributed by atoms with Crippen LogP contribution in [0.4, 0.5) is 0 Å². The molecular weight excluding hydrogens is 344 g/mol. The molecule has 1 unspecified atom stereocenters. The maximum Gasteiger partial charge on any atom is 0.326 e. The molecule has 24 heavy (non-hydrogen) atoms. The summed E-state index contributed by atoms with van der Waals surface area (Å²) in [5.74, 6) is -3.00. The van der Waals surface area contributed by atoms with Gasteiger partial charge in [-0.1, -0.05) is 6.58 Å². The highest BCUT2D eigenvalue weighted by molar-refractivity contribution is 7.44. The van der Waals surface area contributed by atoms with Gasteiger partial charge < -0.3 is 32.3 Å². The van der Waals surface area contributed by atoms with Crippen molar-refractivity contribution >= 4 is 36.2 Å². The molecule has 0 bridgehead atoms. The van der Waals surface area contributed by atoms with E-state index in [1.54, 1.807) is 0 Å². The van der Waals surface area contributed by atoms with Gasteiger partial charge in [-0.05, 0) is 13.3 Å². The number of aliphatic hydroxyl groups excluding tert-OH is 1. The van der Waals surface area contributed by atoms with Crippen LogP contribution in [0, 0.1) is 0 Å². The van der Waals surface area contributed by atoms with Crippen molar-refractivity contribution in [2.45, 2.75) is 25.8 Å². The number of hydrogen-bond acceptors (Lipinski definition) is 8. The first kappa shape index (κ1) is 26.3. The van der Waals surface area contributed by atoms with Crippen molar-refractivity contribution in [1.29, 1.82) is 0 Å². The second-order valence-electron chi connectivity index (χ2n) is 4.18. The van der Waals surface area contributed by atoms with Crippen LogP contribution in [0.5, 0.6) is 0 Å². The maximum atomic E-state index is 11.3. The summed E-state index contributed by atoms with van der Waals surface area (Å²) in [5, 5.41) is 21.0. The molecule has 0 aromatic heterocycles. The smallest absolute Gasteiger partial charge is 0.326 e. The zero-order chi connectivity index (χ0) is 19.7. The predicted molar refractivity (Wildman–Crippen MR) is 85.6 cm³/mol. The molecular formula is C12H22N4O7S. The van der Waals surface area contributed by atoms with E-state index < -0.39 is 29.7 Å². The standard InChI is InChI=1S/C9H16N4O5.C3H6O.OS/c10-3-7(15)12-4-8(16)13-5(9(17)18)1-2-6(11)14;1-3(2)4;1-2/h5H,1-4,10H2,(H2,11,14)(H,12,15)(H,13,16)(H,17,18);4H,1H2,2H3;. The molecule has 0 aliphatic carbocycles. The normalized spacial score (nSPS) is 9.75. The topological polar surface area (TPSA) is 202 Å². The Balaban J connectivity index is -0.000000636. The van der Waals surface area contributed by atoms with E-state index in [0.29, 0.717) is 0 Å². The van der Waals surface area contributed by atoms with Crippen molar-refractivity contribution in [3.05, 3.63) is 12.3 Å². The van der Waals surface area contributed by atoms with E-state index in [9.17, 15) is 19.2 Å². The van der Waals surface area contributed by atoms with E-state index in [1.165, 1.54) is 6.92 Å². The van der Waals surface area contributed by atoms with Gasteiger partial charge in [0.1, 0.15) is 6.04 Å². The number of primary amides is 1. The molecule has 0 aromatic carbocycles. The van der Waals surface area contributed by atoms with Crippen molar-refractivity contribution in [3.63, 3.8) is 0 Å². The first-order valence-electron chi connectivity index (χ1n) is 6.38. The van der Waals surface area contributed by atoms with Crippen molar-refractivity contribution < 1.29 is 33.6 Å². The summed E-state index contributed by atoms with van der Waals surface area (Å²) in [6.07, 6.45) is -0.270. The molecule has 0 aliphatic rings. The van der Waals surface area contributed by atoms with E-state index >= 15 is 0 Å². The number of carboxylic acid groups (broad SMARTS) is 1. The number of aliphatic hydroxyl groups is 1. The average molecular weight is 366 g/mol. The fourth-order valence-electron chi connectivity index (χ4n) is 1.04. The fourth-order valence-corrected chi connectivity index (χ4v) is 1.04. The molecule has 0 radical (unpaired) electrons. The largest absolute Gasteiger partial charge is 0.513 e. The lowest BCUT2D eigenvalue weighted by atomic mass is 10.1. The summed E-state index contributed by atoms with van der Waals surface area (Å²) in [7, 11) is 0. The Kier molecular flexibility index (Phi) is 18.4. The Bertz CT molecular complexity index is 441. The minimum absolute atomic E-state index is 0.110. The van der Waals surface area contributed by atoms with Gasteiger partial charge >= 0.3 is 5.97 Å². The van der Waals surface area contributed by atoms with Crippen molar-refractivity contribution in [2.75, 3.05) is 13.1 Å². The van der Waals surface area contributed by atoms with E-state index in [-0.39, 0.29) is 31.7 Å². The third-order valence-electron chi connectivity index (χ3n) is 1.94. The van der Waals surface area contributed by atoms with Crippen LogP contribution < -0.4 is 22.1 Å². The molecule has 12 heteroatoms. The van der Waals surface area contributed by atoms with Crippen LogP contribution in [-0.2, 0) is 31.7 Å². The molecule has 0 saturated carbocycles. The SMILES string of the molecule is C=C(C)O.NCC(=O)NCC(=O)NC(CCC(N)=O)C(=O)O.O=S. The van der Waals surface area contributed by atoms with Gasteiger partial charge in [-0.25, -0.2) is 4.79 Å². The predicted octanol–water partition coefficient (Wildman–Crippen LogP) is -2.36. The number of nitrogens with one attached hydrogen (secondary N) is 2. The van der Waals surface area contributed by atoms with Gasteiger partial charge in [0.25, 0.3) is 0 Å². The Morgan fingerprint density at radius 1 is 1.17 bits per heavy atom. The lowest BCUT2D eigenvalue weighted by molar-refractivity contribution is -0.142. The number of carbonyl (C=O) groups is 4. The van der Waals surface area contributed by atoms with Crippen LogP contribution in [0.25, 0.3) is 0 Å². The molecule has 0 saturated heterocycles. The van der Waals surface area contributed by atoms with Gasteiger partial charge in [0.05, 0.1) is 18.8 Å². The Hall–Kier alpha value is -2.60. The van der Waals surface area contributed by atoms with Gasteiger partial charge in [-0.15, -0.1) is 0 Å². The number of rotatable bonds is 8. The molecule has 0 fully saturated rings. The highest BCUT2D eigenvalue weighted by atomic mass is 32.1. The van der Waals surface area contributed by atoms with Crippen LogP contribution in [0.1, 0.15) is 19.8 Å². The molecule has 8 N–H and O–H groups in total. The molecule has 11 nitrogen and oxygen atoms in total. The highest BCUT2D eigenvalue weighted by Crippen LogP contribution is 1.97. The van der Waals surface area contributed by atoms with E-state index in [4.69, 9.17) is 25.9 Å². The molecule has 1 atom stereocenters. The fraction of sp³-hybridized carbons (Fsp3) is 0.500. The summed E-state index contributed by atoms with van der Waals surface area (Å²) in [6.45, 7) is 3.99. The lowest BCUT2D eigenvalue weighted by Gasteiger charge is -2.13. The zero-order valence-electron chi connectivity index (χ0n) is 13.1. The van der Waals surface area contributed by atoms with Gasteiger partial charge in [0.15, 0.2) is 12.5 Å². The number of hydrogen-bond donors (Lipinski definition) is 6. The quantitative estimate of drug-likeness (QED) is 0.254. The molecule has 3 amide bonds. The summed E-state index contributed by atoms with van der Waals surface area (Å²) in [5.41, 5.74) is 9.87. The zero-order valence-corrected chi connectivity index (χ0v) is 13.9. The van der Waals surface area contributed by atoms with Crippen LogP contribution in [0.2, 0.25) is 0 Å². The summed E-state index contributed by atoms with van der Waals surface area (Å²) >= 11 is 2.83. The second-order valence-corrected chi connectivity index (χ2v) is 4.18. The molecule has 0 heterocycles. The van der Waals surface area contributed by atoms with E-state index in [0.717, 1.165) is 0 Å². The second kappa shape index (κ2) is 16.8. The van der Waals surface area contributed by atoms with Gasteiger partial charge in [0, 0.05) is 6.42 Å². The van der Waals surface area contributed by atoms with Crippen LogP contribution in [0.15, 0.2) is 12.3 Å². The highest BCUT2D eigenvalue weighted by Gasteiger charge is 2.20. The number of allylic oxidation sites excluding steroid dienone is 1. The van der Waals surface area contributed by atoms with Gasteiger partial charge in [-0.3, -0.25) is 14.4 Å². The molecule has 0 spiro atoms. The van der Waals surface area contributed by atoms with Crippen molar-refractivity contribution in [3.8, 4) is 0 Å². The monoisotopic (exact) mass is 366 g/mol. The number of amides is 3. The minimum atomic E-state index is -1.28. The number of carbonyl (C=O) groups excluding carboxylic acids is 3. The van der Waals surface area contributed by atoms with Crippen LogP contribution in [-0.4, -0.2) is 57.2 Å². The van der Waals surface area contributed by atoms with Crippen LogP contribution >= 0.6 is 0 Å². The van der Waals surface area contributed by atoms with E-state index in [1.807, 2.05) is 0 Å². The third-order valence-corrected chi connectivity index (χ3v) is 1.94. The summed E-state index contributed by atoms with van der Waals surface area (Å²) < 4.78 is 7.83. The van der Waals surface area contributed by atoms with Crippen molar-refractivity contribution in [2.24, 2.45) is 11.5 Å². The molecule has 138 valence electrons. The summed E-state index contributed by atoms with van der Waals surface area (Å²) in [4.78, 5) is 43.3. The molecule has 0 aromatic rings. The number of aliphatic carboxylic acids is 1.